The van der Waals surface area contributed by atoms with Crippen molar-refractivity contribution in [1.82, 2.24) is 0 Å². The van der Waals surface area contributed by atoms with Gasteiger partial charge in [0.15, 0.2) is 0 Å². The predicted molar refractivity (Wildman–Crippen MR) is 118 cm³/mol. The van der Waals surface area contributed by atoms with Gasteiger partial charge in [-0.15, -0.1) is 0 Å². The predicted octanol–water partition coefficient (Wildman–Crippen LogP) is 5.64. The van der Waals surface area contributed by atoms with Crippen molar-refractivity contribution in [3.63, 3.8) is 0 Å². The quantitative estimate of drug-likeness (QED) is 0.502. The molecule has 1 aliphatic heterocycles. The molecule has 0 aromatic heterocycles. The summed E-state index contributed by atoms with van der Waals surface area (Å²) in [4.78, 5) is 11.1. The number of hydrogen-bond donors (Lipinski definition) is 1. The van der Waals surface area contributed by atoms with E-state index in [2.05, 4.69) is 0 Å². The van der Waals surface area contributed by atoms with Gasteiger partial charge in [0, 0.05) is 28.7 Å². The molecule has 3 aromatic carbocycles. The van der Waals surface area contributed by atoms with Crippen LogP contribution in [0.5, 0.6) is 28.7 Å². The molecule has 0 amide bonds. The number of aliphatic carboxylic acids is 1. The molecule has 0 saturated carbocycles. The largest absolute Gasteiger partial charge is 0.497 e. The van der Waals surface area contributed by atoms with E-state index in [-0.39, 0.29) is 18.2 Å². The number of halogens is 1. The van der Waals surface area contributed by atoms with Gasteiger partial charge in [-0.1, -0.05) is 6.07 Å². The third-order valence-corrected chi connectivity index (χ3v) is 6.09. The standard InChI is InChI=1S/C26H23FO6/c1-30-16-2-4-17(5-3-16)32-22-11-9-21(27)26-20(22)8-10-23(26)33-18-6-7-19-15(12-25(28)29)14-31-24(19)13-18/h2-7,9,11,13,15,23H,8,10,12,14H2,1H3,(H,28,29)/t15-,23-/m1/s1. The molecule has 0 bridgehead atoms. The van der Waals surface area contributed by atoms with Gasteiger partial charge in [0.05, 0.1) is 20.1 Å². The summed E-state index contributed by atoms with van der Waals surface area (Å²) in [6.07, 6.45) is 0.819. The second kappa shape index (κ2) is 8.65. The van der Waals surface area contributed by atoms with Crippen LogP contribution in [-0.4, -0.2) is 24.8 Å². The maximum atomic E-state index is 14.8. The Labute approximate surface area is 190 Å². The molecular weight excluding hydrogens is 427 g/mol. The average molecular weight is 450 g/mol. The minimum absolute atomic E-state index is 0.0192. The van der Waals surface area contributed by atoms with E-state index in [1.54, 1.807) is 37.4 Å². The summed E-state index contributed by atoms with van der Waals surface area (Å²) >= 11 is 0. The minimum Gasteiger partial charge on any atom is -0.497 e. The summed E-state index contributed by atoms with van der Waals surface area (Å²) in [7, 11) is 1.60. The molecule has 1 heterocycles. The van der Waals surface area contributed by atoms with E-state index in [4.69, 9.17) is 24.1 Å². The maximum absolute atomic E-state index is 14.8. The van der Waals surface area contributed by atoms with Crippen LogP contribution in [0.1, 0.15) is 41.6 Å². The lowest BCUT2D eigenvalue weighted by Crippen LogP contribution is -2.07. The lowest BCUT2D eigenvalue weighted by molar-refractivity contribution is -0.137. The molecule has 5 rings (SSSR count). The van der Waals surface area contributed by atoms with Crippen molar-refractivity contribution < 1.29 is 33.2 Å². The zero-order chi connectivity index (χ0) is 22.9. The van der Waals surface area contributed by atoms with Gasteiger partial charge in [0.2, 0.25) is 0 Å². The number of carboxylic acids is 1. The van der Waals surface area contributed by atoms with Gasteiger partial charge < -0.3 is 24.1 Å². The number of methoxy groups -OCH3 is 1. The smallest absolute Gasteiger partial charge is 0.304 e. The summed E-state index contributed by atoms with van der Waals surface area (Å²) in [5, 5.41) is 9.07. The Bertz CT molecular complexity index is 1190. The van der Waals surface area contributed by atoms with Crippen LogP contribution in [0.3, 0.4) is 0 Å². The average Bonchev–Trinajstić information content (AvgIpc) is 3.41. The van der Waals surface area contributed by atoms with Crippen LogP contribution in [0, 0.1) is 5.82 Å². The van der Waals surface area contributed by atoms with Gasteiger partial charge in [0.1, 0.15) is 40.7 Å². The topological polar surface area (TPSA) is 74.2 Å². The summed E-state index contributed by atoms with van der Waals surface area (Å²) in [6.45, 7) is 0.331. The number of benzene rings is 3. The first-order valence-corrected chi connectivity index (χ1v) is 10.8. The molecule has 0 spiro atoms. The van der Waals surface area contributed by atoms with Crippen LogP contribution in [0.2, 0.25) is 0 Å². The fraction of sp³-hybridized carbons (Fsp3) is 0.269. The number of hydrogen-bond acceptors (Lipinski definition) is 5. The van der Waals surface area contributed by atoms with Gasteiger partial charge in [-0.25, -0.2) is 4.39 Å². The van der Waals surface area contributed by atoms with E-state index in [0.717, 1.165) is 16.9 Å². The molecule has 33 heavy (non-hydrogen) atoms. The van der Waals surface area contributed by atoms with E-state index >= 15 is 0 Å². The van der Waals surface area contributed by atoms with E-state index in [9.17, 15) is 9.18 Å². The van der Waals surface area contributed by atoms with Gasteiger partial charge in [0.25, 0.3) is 0 Å². The third-order valence-electron chi connectivity index (χ3n) is 6.09. The molecule has 3 aromatic rings. The molecular formula is C26H23FO6. The summed E-state index contributed by atoms with van der Waals surface area (Å²) < 4.78 is 37.8. The zero-order valence-electron chi connectivity index (χ0n) is 18.0. The number of fused-ring (bicyclic) bond motifs is 2. The van der Waals surface area contributed by atoms with Crippen molar-refractivity contribution in [1.29, 1.82) is 0 Å². The lowest BCUT2D eigenvalue weighted by atomic mass is 9.98. The first kappa shape index (κ1) is 21.1. The first-order valence-electron chi connectivity index (χ1n) is 10.8. The number of rotatable bonds is 7. The number of carbonyl (C=O) groups is 1. The van der Waals surface area contributed by atoms with Crippen molar-refractivity contribution in [2.24, 2.45) is 0 Å². The molecule has 0 saturated heterocycles. The number of ether oxygens (including phenoxy) is 4. The van der Waals surface area contributed by atoms with Crippen LogP contribution in [-0.2, 0) is 11.2 Å². The minimum atomic E-state index is -0.859. The molecule has 1 aliphatic carbocycles. The summed E-state index contributed by atoms with van der Waals surface area (Å²) in [5.74, 6) is 1.80. The van der Waals surface area contributed by atoms with E-state index < -0.39 is 12.1 Å². The Morgan fingerprint density at radius 1 is 1.09 bits per heavy atom. The maximum Gasteiger partial charge on any atom is 0.304 e. The molecule has 2 atom stereocenters. The van der Waals surface area contributed by atoms with Crippen LogP contribution < -0.4 is 18.9 Å². The molecule has 0 fully saturated rings. The van der Waals surface area contributed by atoms with Gasteiger partial charge >= 0.3 is 5.97 Å². The van der Waals surface area contributed by atoms with Gasteiger partial charge in [-0.2, -0.15) is 0 Å². The van der Waals surface area contributed by atoms with E-state index in [1.165, 1.54) is 6.07 Å². The second-order valence-corrected chi connectivity index (χ2v) is 8.17. The van der Waals surface area contributed by atoms with Crippen LogP contribution in [0.4, 0.5) is 4.39 Å². The highest BCUT2D eigenvalue weighted by atomic mass is 19.1. The summed E-state index contributed by atoms with van der Waals surface area (Å²) in [6, 6.07) is 15.7. The zero-order valence-corrected chi connectivity index (χ0v) is 18.0. The second-order valence-electron chi connectivity index (χ2n) is 8.17. The fourth-order valence-electron chi connectivity index (χ4n) is 4.50. The fourth-order valence-corrected chi connectivity index (χ4v) is 4.50. The van der Waals surface area contributed by atoms with E-state index in [1.807, 2.05) is 18.2 Å². The Kier molecular flexibility index (Phi) is 5.54. The Balaban J connectivity index is 1.36. The van der Waals surface area contributed by atoms with Crippen molar-refractivity contribution in [2.75, 3.05) is 13.7 Å². The highest BCUT2D eigenvalue weighted by molar-refractivity contribution is 5.68. The third kappa shape index (κ3) is 4.18. The van der Waals surface area contributed by atoms with Crippen molar-refractivity contribution in [3.8, 4) is 28.7 Å². The molecule has 0 radical (unpaired) electrons. The van der Waals surface area contributed by atoms with Crippen LogP contribution in [0.15, 0.2) is 54.6 Å². The van der Waals surface area contributed by atoms with Crippen molar-refractivity contribution >= 4 is 5.97 Å². The van der Waals surface area contributed by atoms with Crippen molar-refractivity contribution in [3.05, 3.63) is 77.1 Å². The van der Waals surface area contributed by atoms with Gasteiger partial charge in [-0.05, 0) is 55.3 Å². The number of carboxylic acid groups (broad SMARTS) is 1. The normalized spacial score (nSPS) is 18.2. The monoisotopic (exact) mass is 450 g/mol. The Hall–Kier alpha value is -3.74. The molecule has 7 heteroatoms. The Morgan fingerprint density at radius 3 is 2.61 bits per heavy atom. The van der Waals surface area contributed by atoms with Crippen LogP contribution in [0.25, 0.3) is 0 Å². The Morgan fingerprint density at radius 2 is 1.85 bits per heavy atom. The molecule has 2 aliphatic rings. The molecule has 1 N–H and O–H groups in total. The van der Waals surface area contributed by atoms with Crippen molar-refractivity contribution in [2.45, 2.75) is 31.3 Å². The highest BCUT2D eigenvalue weighted by Crippen LogP contribution is 2.44. The SMILES string of the molecule is COc1ccc(Oc2ccc(F)c3c2CC[C@H]3Oc2ccc3c(c2)OC[C@H]3CC(=O)O)cc1. The lowest BCUT2D eigenvalue weighted by Gasteiger charge is -2.17. The molecule has 6 nitrogen and oxygen atoms in total. The summed E-state index contributed by atoms with van der Waals surface area (Å²) in [5.41, 5.74) is 2.17. The molecule has 170 valence electrons. The van der Waals surface area contributed by atoms with Crippen LogP contribution >= 0.6 is 0 Å². The highest BCUT2D eigenvalue weighted by Gasteiger charge is 2.32. The van der Waals surface area contributed by atoms with Gasteiger partial charge in [-0.3, -0.25) is 4.79 Å². The van der Waals surface area contributed by atoms with E-state index in [0.29, 0.717) is 48.0 Å². The first-order chi connectivity index (χ1) is 16.0. The molecule has 0 unspecified atom stereocenters.